The van der Waals surface area contributed by atoms with Crippen LogP contribution in [0.5, 0.6) is 11.5 Å². The molecule has 0 bridgehead atoms. The maximum absolute atomic E-state index is 12.8. The average molecular weight is 375 g/mol. The van der Waals surface area contributed by atoms with Crippen molar-refractivity contribution < 1.29 is 14.3 Å². The summed E-state index contributed by atoms with van der Waals surface area (Å²) in [5, 5.41) is 0.361. The summed E-state index contributed by atoms with van der Waals surface area (Å²) in [6.45, 7) is 2.04. The molecule has 1 saturated heterocycles. The lowest BCUT2D eigenvalue weighted by Gasteiger charge is -2.32. The molecule has 6 heteroatoms. The zero-order valence-corrected chi connectivity index (χ0v) is 15.5. The third-order valence-electron chi connectivity index (χ3n) is 4.68. The van der Waals surface area contributed by atoms with E-state index in [2.05, 4.69) is 0 Å². The van der Waals surface area contributed by atoms with Gasteiger partial charge < -0.3 is 20.1 Å². The molecule has 0 spiro atoms. The molecule has 2 aromatic carbocycles. The summed E-state index contributed by atoms with van der Waals surface area (Å²) in [6.07, 6.45) is 1.81. The molecule has 2 aromatic rings. The van der Waals surface area contributed by atoms with Crippen molar-refractivity contribution in [1.29, 1.82) is 0 Å². The Bertz CT molecular complexity index is 759. The van der Waals surface area contributed by atoms with Gasteiger partial charge in [0.15, 0.2) is 0 Å². The highest BCUT2D eigenvalue weighted by Crippen LogP contribution is 2.31. The predicted octanol–water partition coefficient (Wildman–Crippen LogP) is 3.86. The molecule has 0 aliphatic carbocycles. The quantitative estimate of drug-likeness (QED) is 0.807. The van der Waals surface area contributed by atoms with Gasteiger partial charge in [-0.2, -0.15) is 0 Å². The summed E-state index contributed by atoms with van der Waals surface area (Å²) >= 11 is 6.08. The molecule has 3 rings (SSSR count). The number of anilines is 1. The number of rotatable bonds is 5. The van der Waals surface area contributed by atoms with E-state index < -0.39 is 0 Å². The molecule has 138 valence electrons. The second-order valence-corrected chi connectivity index (χ2v) is 6.84. The molecule has 26 heavy (non-hydrogen) atoms. The molecule has 5 nitrogen and oxygen atoms in total. The number of benzene rings is 2. The fourth-order valence-corrected chi connectivity index (χ4v) is 3.27. The number of carbonyl (C=O) groups excluding carboxylic acids is 1. The maximum Gasteiger partial charge on any atom is 0.257 e. The van der Waals surface area contributed by atoms with Gasteiger partial charge in [0, 0.05) is 19.2 Å². The van der Waals surface area contributed by atoms with Gasteiger partial charge in [-0.15, -0.1) is 0 Å². The number of hydrogen-bond acceptors (Lipinski definition) is 4. The number of ether oxygens (including phenoxy) is 2. The van der Waals surface area contributed by atoms with Crippen molar-refractivity contribution in [3.8, 4) is 11.5 Å². The van der Waals surface area contributed by atoms with E-state index in [0.29, 0.717) is 47.6 Å². The molecule has 1 aliphatic heterocycles. The summed E-state index contributed by atoms with van der Waals surface area (Å²) in [7, 11) is 1.52. The van der Waals surface area contributed by atoms with Crippen LogP contribution in [0.3, 0.4) is 0 Å². The first kappa shape index (κ1) is 18.4. The van der Waals surface area contributed by atoms with Crippen LogP contribution in [0.4, 0.5) is 5.69 Å². The smallest absolute Gasteiger partial charge is 0.257 e. The number of piperidine rings is 1. The Labute approximate surface area is 158 Å². The Kier molecular flexibility index (Phi) is 5.89. The average Bonchev–Trinajstić information content (AvgIpc) is 2.68. The van der Waals surface area contributed by atoms with Gasteiger partial charge in [-0.05, 0) is 37.0 Å². The largest absolute Gasteiger partial charge is 0.496 e. The number of nitrogens with zero attached hydrogens (tertiary/aromatic N) is 1. The zero-order valence-electron chi connectivity index (χ0n) is 14.8. The van der Waals surface area contributed by atoms with Gasteiger partial charge in [-0.25, -0.2) is 0 Å². The molecule has 0 radical (unpaired) electrons. The van der Waals surface area contributed by atoms with Gasteiger partial charge in [0.25, 0.3) is 5.91 Å². The van der Waals surface area contributed by atoms with Crippen LogP contribution in [-0.4, -0.2) is 37.6 Å². The molecular formula is C20H23ClN2O3. The van der Waals surface area contributed by atoms with Gasteiger partial charge in [0.05, 0.1) is 30.0 Å². The van der Waals surface area contributed by atoms with Crippen molar-refractivity contribution in [2.45, 2.75) is 12.8 Å². The van der Waals surface area contributed by atoms with Gasteiger partial charge >= 0.3 is 0 Å². The lowest BCUT2D eigenvalue weighted by atomic mass is 9.97. The topological polar surface area (TPSA) is 64.8 Å². The van der Waals surface area contributed by atoms with E-state index in [-0.39, 0.29) is 5.91 Å². The summed E-state index contributed by atoms with van der Waals surface area (Å²) in [6, 6.07) is 13.0. The minimum Gasteiger partial charge on any atom is -0.496 e. The summed E-state index contributed by atoms with van der Waals surface area (Å²) < 4.78 is 11.1. The molecule has 1 amide bonds. The summed E-state index contributed by atoms with van der Waals surface area (Å²) in [5.41, 5.74) is 6.64. The van der Waals surface area contributed by atoms with Gasteiger partial charge in [-0.3, -0.25) is 4.79 Å². The molecule has 0 atom stereocenters. The minimum absolute atomic E-state index is 0.0776. The molecule has 0 aromatic heterocycles. The lowest BCUT2D eigenvalue weighted by molar-refractivity contribution is 0.0658. The monoisotopic (exact) mass is 374 g/mol. The van der Waals surface area contributed by atoms with Crippen molar-refractivity contribution >= 4 is 23.2 Å². The van der Waals surface area contributed by atoms with Gasteiger partial charge in [-0.1, -0.05) is 29.8 Å². The molecule has 0 saturated carbocycles. The third kappa shape index (κ3) is 4.22. The Morgan fingerprint density at radius 2 is 1.92 bits per heavy atom. The number of hydrogen-bond donors (Lipinski definition) is 1. The Morgan fingerprint density at radius 3 is 2.58 bits per heavy atom. The number of halogens is 1. The predicted molar refractivity (Wildman–Crippen MR) is 103 cm³/mol. The highest BCUT2D eigenvalue weighted by Gasteiger charge is 2.26. The lowest BCUT2D eigenvalue weighted by Crippen LogP contribution is -2.39. The van der Waals surface area contributed by atoms with Crippen LogP contribution in [0, 0.1) is 5.92 Å². The van der Waals surface area contributed by atoms with Crippen LogP contribution >= 0.6 is 11.6 Å². The standard InChI is InChI=1S/C20H23ClN2O3/c1-25-19-12-18(22)17(21)11-16(19)20(24)23-9-7-14(8-10-23)13-26-15-5-3-2-4-6-15/h2-6,11-12,14H,7-10,13,22H2,1H3. The molecule has 2 N–H and O–H groups in total. The van der Waals surface area contributed by atoms with Crippen LogP contribution in [0.1, 0.15) is 23.2 Å². The van der Waals surface area contributed by atoms with Crippen molar-refractivity contribution in [2.75, 3.05) is 32.5 Å². The van der Waals surface area contributed by atoms with Gasteiger partial charge in [0.1, 0.15) is 11.5 Å². The van der Waals surface area contributed by atoms with E-state index in [0.717, 1.165) is 18.6 Å². The molecule has 1 heterocycles. The second-order valence-electron chi connectivity index (χ2n) is 6.43. The second kappa shape index (κ2) is 8.32. The van der Waals surface area contributed by atoms with Crippen LogP contribution < -0.4 is 15.2 Å². The van der Waals surface area contributed by atoms with Gasteiger partial charge in [0.2, 0.25) is 0 Å². The fourth-order valence-electron chi connectivity index (χ4n) is 3.11. The third-order valence-corrected chi connectivity index (χ3v) is 5.01. The maximum atomic E-state index is 12.8. The van der Waals surface area contributed by atoms with E-state index in [9.17, 15) is 4.79 Å². The van der Waals surface area contributed by atoms with Crippen LogP contribution in [0.2, 0.25) is 5.02 Å². The number of nitrogen functional groups attached to an aromatic ring is 1. The van der Waals surface area contributed by atoms with Crippen molar-refractivity contribution in [3.63, 3.8) is 0 Å². The highest BCUT2D eigenvalue weighted by molar-refractivity contribution is 6.33. The molecule has 1 fully saturated rings. The summed E-state index contributed by atoms with van der Waals surface area (Å²) in [4.78, 5) is 14.7. The molecule has 1 aliphatic rings. The van der Waals surface area contributed by atoms with Crippen LogP contribution in [0.15, 0.2) is 42.5 Å². The summed E-state index contributed by atoms with van der Waals surface area (Å²) in [5.74, 6) is 1.70. The molecular weight excluding hydrogens is 352 g/mol. The van der Waals surface area contributed by atoms with E-state index in [4.69, 9.17) is 26.8 Å². The van der Waals surface area contributed by atoms with Crippen molar-refractivity contribution in [3.05, 3.63) is 53.1 Å². The van der Waals surface area contributed by atoms with E-state index in [1.54, 1.807) is 12.1 Å². The van der Waals surface area contributed by atoms with E-state index >= 15 is 0 Å². The van der Waals surface area contributed by atoms with Crippen molar-refractivity contribution in [1.82, 2.24) is 4.90 Å². The van der Waals surface area contributed by atoms with Crippen molar-refractivity contribution in [2.24, 2.45) is 5.92 Å². The Balaban J connectivity index is 1.58. The number of amides is 1. The first-order chi connectivity index (χ1) is 12.6. The normalized spacial score (nSPS) is 14.9. The minimum atomic E-state index is -0.0776. The number of methoxy groups -OCH3 is 1. The molecule has 0 unspecified atom stereocenters. The fraction of sp³-hybridized carbons (Fsp3) is 0.350. The number of nitrogens with two attached hydrogens (primary N) is 1. The SMILES string of the molecule is COc1cc(N)c(Cl)cc1C(=O)N1CCC(COc2ccccc2)CC1. The number of para-hydroxylation sites is 1. The van der Waals surface area contributed by atoms with Crippen LogP contribution in [0.25, 0.3) is 0 Å². The first-order valence-electron chi connectivity index (χ1n) is 8.68. The first-order valence-corrected chi connectivity index (χ1v) is 9.06. The Morgan fingerprint density at radius 1 is 1.23 bits per heavy atom. The number of likely N-dealkylation sites (tertiary alicyclic amines) is 1. The van der Waals surface area contributed by atoms with E-state index in [1.165, 1.54) is 7.11 Å². The zero-order chi connectivity index (χ0) is 18.5. The number of carbonyl (C=O) groups is 1. The Hall–Kier alpha value is -2.40. The highest BCUT2D eigenvalue weighted by atomic mass is 35.5. The van der Waals surface area contributed by atoms with E-state index in [1.807, 2.05) is 35.2 Å². The van der Waals surface area contributed by atoms with Crippen LogP contribution in [-0.2, 0) is 0 Å².